The number of aromatic nitrogens is 1. The van der Waals surface area contributed by atoms with E-state index in [9.17, 15) is 32.8 Å². The molecule has 0 aliphatic carbocycles. The number of nitrogens with zero attached hydrogens (tertiary/aromatic N) is 2. The Hall–Kier alpha value is -5.87. The van der Waals surface area contributed by atoms with E-state index < -0.39 is 64.0 Å². The topological polar surface area (TPSA) is 121 Å². The number of hydrogen-bond acceptors (Lipinski definition) is 6. The standard InChI is InChI=1S/C35H22ClF5N4O4/c1-49-34(48)29(14-19-9-11-23(31-21(19)6-4-12-43-31)22-10-8-18(17-42)13-26(22)36)45-33(47)30-27(37)15-20(16-28(30)38)44-32(46)24-5-2-3-7-25(24)35(39,40)41/h2-13,15-16,29H,14H2,1H3,(H,44,46)(H,45,47)/t29-/m0/s1. The molecular formula is C35H22ClF5N4O4. The van der Waals surface area contributed by atoms with E-state index in [4.69, 9.17) is 16.3 Å². The molecule has 0 unspecified atom stereocenters. The third kappa shape index (κ3) is 7.34. The lowest BCUT2D eigenvalue weighted by atomic mass is 9.94. The first-order chi connectivity index (χ1) is 23.3. The van der Waals surface area contributed by atoms with Gasteiger partial charge in [-0.15, -0.1) is 0 Å². The Bertz CT molecular complexity index is 2140. The Morgan fingerprint density at radius 2 is 1.63 bits per heavy atom. The zero-order valence-corrected chi connectivity index (χ0v) is 25.9. The smallest absolute Gasteiger partial charge is 0.417 e. The fourth-order valence-corrected chi connectivity index (χ4v) is 5.49. The highest BCUT2D eigenvalue weighted by atomic mass is 35.5. The number of anilines is 1. The Morgan fingerprint density at radius 1 is 0.939 bits per heavy atom. The first kappa shape index (κ1) is 34.5. The summed E-state index contributed by atoms with van der Waals surface area (Å²) < 4.78 is 75.2. The van der Waals surface area contributed by atoms with E-state index >= 15 is 8.78 Å². The number of rotatable bonds is 8. The highest BCUT2D eigenvalue weighted by Crippen LogP contribution is 2.35. The normalized spacial score (nSPS) is 11.8. The number of esters is 1. The maximum absolute atomic E-state index is 15.2. The molecule has 0 aliphatic rings. The monoisotopic (exact) mass is 692 g/mol. The fourth-order valence-electron chi connectivity index (χ4n) is 5.20. The van der Waals surface area contributed by atoms with E-state index in [0.717, 1.165) is 19.2 Å². The van der Waals surface area contributed by atoms with Crippen molar-refractivity contribution in [3.05, 3.63) is 130 Å². The molecule has 0 spiro atoms. The molecule has 1 atom stereocenters. The molecule has 5 rings (SSSR count). The van der Waals surface area contributed by atoms with Gasteiger partial charge in [0.15, 0.2) is 0 Å². The second kappa shape index (κ2) is 14.1. The maximum Gasteiger partial charge on any atom is 0.417 e. The van der Waals surface area contributed by atoms with Crippen LogP contribution in [0.2, 0.25) is 5.02 Å². The number of carbonyl (C=O) groups excluding carboxylic acids is 3. The number of nitrogens with one attached hydrogen (secondary N) is 2. The highest BCUT2D eigenvalue weighted by molar-refractivity contribution is 6.33. The molecule has 8 nitrogen and oxygen atoms in total. The van der Waals surface area contributed by atoms with Crippen LogP contribution in [0, 0.1) is 23.0 Å². The summed E-state index contributed by atoms with van der Waals surface area (Å²) in [6.07, 6.45) is -3.52. The average molecular weight is 693 g/mol. The first-order valence-electron chi connectivity index (χ1n) is 14.2. The van der Waals surface area contributed by atoms with Gasteiger partial charge in [-0.1, -0.05) is 48.0 Å². The van der Waals surface area contributed by atoms with Crippen LogP contribution in [0.1, 0.15) is 37.4 Å². The third-order valence-corrected chi connectivity index (χ3v) is 7.78. The molecule has 0 radical (unpaired) electrons. The van der Waals surface area contributed by atoms with Crippen molar-refractivity contribution in [3.8, 4) is 17.2 Å². The molecule has 0 saturated carbocycles. The molecule has 4 aromatic carbocycles. The van der Waals surface area contributed by atoms with E-state index in [2.05, 4.69) is 10.3 Å². The van der Waals surface area contributed by atoms with Crippen LogP contribution in [-0.2, 0) is 22.1 Å². The summed E-state index contributed by atoms with van der Waals surface area (Å²) >= 11 is 6.44. The van der Waals surface area contributed by atoms with Gasteiger partial charge in [-0.05, 0) is 48.0 Å². The van der Waals surface area contributed by atoms with Crippen LogP contribution >= 0.6 is 11.6 Å². The number of methoxy groups -OCH3 is 1. The van der Waals surface area contributed by atoms with Gasteiger partial charge < -0.3 is 15.4 Å². The minimum absolute atomic E-state index is 0.196. The number of benzene rings is 4. The minimum Gasteiger partial charge on any atom is -0.467 e. The van der Waals surface area contributed by atoms with Crippen LogP contribution in [0.4, 0.5) is 27.6 Å². The quantitative estimate of drug-likeness (QED) is 0.128. The molecule has 2 amide bonds. The van der Waals surface area contributed by atoms with Gasteiger partial charge in [-0.2, -0.15) is 18.4 Å². The highest BCUT2D eigenvalue weighted by Gasteiger charge is 2.35. The minimum atomic E-state index is -4.87. The SMILES string of the molecule is COC(=O)[C@H](Cc1ccc(-c2ccc(C#N)cc2Cl)c2ncccc12)NC(=O)c1c(F)cc(NC(=O)c2ccccc2C(F)(F)F)cc1F. The molecule has 14 heteroatoms. The number of alkyl halides is 3. The Kier molecular flexibility index (Phi) is 9.91. The van der Waals surface area contributed by atoms with E-state index in [0.29, 0.717) is 56.4 Å². The van der Waals surface area contributed by atoms with E-state index in [1.807, 2.05) is 11.4 Å². The molecule has 5 aromatic rings. The molecule has 1 aromatic heterocycles. The fraction of sp³-hybridized carbons (Fsp3) is 0.114. The van der Waals surface area contributed by atoms with Crippen LogP contribution in [0.15, 0.2) is 85.1 Å². The summed E-state index contributed by atoms with van der Waals surface area (Å²) in [5.74, 6) is -6.48. The number of nitriles is 1. The second-order valence-corrected chi connectivity index (χ2v) is 11.0. The van der Waals surface area contributed by atoms with Crippen molar-refractivity contribution in [3.63, 3.8) is 0 Å². The van der Waals surface area contributed by atoms with Crippen molar-refractivity contribution in [2.75, 3.05) is 12.4 Å². The van der Waals surface area contributed by atoms with Crippen molar-refractivity contribution < 1.29 is 41.1 Å². The first-order valence-corrected chi connectivity index (χ1v) is 14.6. The van der Waals surface area contributed by atoms with Gasteiger partial charge in [0.1, 0.15) is 23.2 Å². The van der Waals surface area contributed by atoms with Gasteiger partial charge >= 0.3 is 12.1 Å². The van der Waals surface area contributed by atoms with Crippen LogP contribution in [0.5, 0.6) is 0 Å². The van der Waals surface area contributed by atoms with E-state index in [-0.39, 0.29) is 6.42 Å². The van der Waals surface area contributed by atoms with Crippen molar-refractivity contribution in [1.82, 2.24) is 10.3 Å². The van der Waals surface area contributed by atoms with Gasteiger partial charge in [0, 0.05) is 39.8 Å². The molecule has 0 fully saturated rings. The summed E-state index contributed by atoms with van der Waals surface area (Å²) in [4.78, 5) is 43.0. The molecule has 0 saturated heterocycles. The Balaban J connectivity index is 1.41. The second-order valence-electron chi connectivity index (χ2n) is 10.5. The maximum atomic E-state index is 15.2. The van der Waals surface area contributed by atoms with Crippen LogP contribution in [-0.4, -0.2) is 35.9 Å². The average Bonchev–Trinajstić information content (AvgIpc) is 3.07. The molecular weight excluding hydrogens is 671 g/mol. The molecule has 248 valence electrons. The largest absolute Gasteiger partial charge is 0.467 e. The van der Waals surface area contributed by atoms with E-state index in [1.165, 1.54) is 12.1 Å². The van der Waals surface area contributed by atoms with Gasteiger partial charge in [0.25, 0.3) is 11.8 Å². The predicted octanol–water partition coefficient (Wildman–Crippen LogP) is 7.49. The summed E-state index contributed by atoms with van der Waals surface area (Å²) in [6, 6.07) is 17.0. The third-order valence-electron chi connectivity index (χ3n) is 7.47. The van der Waals surface area contributed by atoms with Crippen LogP contribution < -0.4 is 10.6 Å². The number of hydrogen-bond donors (Lipinski definition) is 2. The molecule has 2 N–H and O–H groups in total. The van der Waals surface area contributed by atoms with Gasteiger partial charge in [0.2, 0.25) is 0 Å². The Labute approximate surface area is 280 Å². The van der Waals surface area contributed by atoms with Crippen molar-refractivity contribution >= 4 is 46.0 Å². The lowest BCUT2D eigenvalue weighted by Gasteiger charge is -2.19. The predicted molar refractivity (Wildman–Crippen MR) is 170 cm³/mol. The number of pyridine rings is 1. The van der Waals surface area contributed by atoms with Crippen molar-refractivity contribution in [2.24, 2.45) is 0 Å². The molecule has 0 bridgehead atoms. The lowest BCUT2D eigenvalue weighted by molar-refractivity contribution is -0.143. The Morgan fingerprint density at radius 3 is 2.29 bits per heavy atom. The molecule has 0 aliphatic heterocycles. The number of fused-ring (bicyclic) bond motifs is 1. The number of ether oxygens (including phenoxy) is 1. The summed E-state index contributed by atoms with van der Waals surface area (Å²) in [7, 11) is 1.06. The van der Waals surface area contributed by atoms with Crippen LogP contribution in [0.25, 0.3) is 22.0 Å². The van der Waals surface area contributed by atoms with Crippen LogP contribution in [0.3, 0.4) is 0 Å². The van der Waals surface area contributed by atoms with Crippen molar-refractivity contribution in [2.45, 2.75) is 18.6 Å². The summed E-state index contributed by atoms with van der Waals surface area (Å²) in [6.45, 7) is 0. The van der Waals surface area contributed by atoms with Gasteiger partial charge in [-0.3, -0.25) is 14.6 Å². The number of halogens is 6. The zero-order valence-electron chi connectivity index (χ0n) is 25.2. The summed E-state index contributed by atoms with van der Waals surface area (Å²) in [5, 5.41) is 14.3. The number of amides is 2. The van der Waals surface area contributed by atoms with Gasteiger partial charge in [0.05, 0.1) is 35.4 Å². The zero-order chi connectivity index (χ0) is 35.5. The molecule has 49 heavy (non-hydrogen) atoms. The summed E-state index contributed by atoms with van der Waals surface area (Å²) in [5.41, 5.74) is -1.16. The van der Waals surface area contributed by atoms with Crippen molar-refractivity contribution in [1.29, 1.82) is 5.26 Å². The number of carbonyl (C=O) groups is 3. The van der Waals surface area contributed by atoms with Gasteiger partial charge in [-0.25, -0.2) is 13.6 Å². The molecule has 1 heterocycles. The lowest BCUT2D eigenvalue weighted by Crippen LogP contribution is -2.43. The van der Waals surface area contributed by atoms with E-state index in [1.54, 1.807) is 42.6 Å².